The first kappa shape index (κ1) is 85.6. The number of phosphoric ester groups is 1. The Hall–Kier alpha value is -6.58. The summed E-state index contributed by atoms with van der Waals surface area (Å²) in [4.78, 5) is 81.9. The number of amides is 2. The fourth-order valence-corrected chi connectivity index (χ4v) is 11.8. The fourth-order valence-electron chi connectivity index (χ4n) is 10.8. The summed E-state index contributed by atoms with van der Waals surface area (Å²) in [7, 11) is -4.10. The van der Waals surface area contributed by atoms with Crippen LogP contribution in [-0.4, -0.2) is 95.5 Å². The minimum atomic E-state index is -4.10. The largest absolute Gasteiger partial charge is 0.505 e. The molecule has 1 aliphatic heterocycles. The lowest BCUT2D eigenvalue weighted by atomic mass is 9.90. The number of carbonyl (C=O) groups is 5. The smallest absolute Gasteiger partial charge is 0.472 e. The van der Waals surface area contributed by atoms with Crippen molar-refractivity contribution in [3.63, 3.8) is 0 Å². The number of thiocarbonyl (C=S) groups is 1. The number of anilines is 1. The van der Waals surface area contributed by atoms with E-state index in [2.05, 4.69) is 63.9 Å². The van der Waals surface area contributed by atoms with E-state index in [1.165, 1.54) is 159 Å². The van der Waals surface area contributed by atoms with E-state index in [-0.39, 0.29) is 113 Å². The third-order valence-electron chi connectivity index (χ3n) is 16.2. The molecule has 0 saturated heterocycles. The Morgan fingerprint density at radius 2 is 1.09 bits per heavy atom. The van der Waals surface area contributed by atoms with Gasteiger partial charge in [0, 0.05) is 79.7 Å². The third kappa shape index (κ3) is 38.7. The van der Waals surface area contributed by atoms with Gasteiger partial charge in [-0.25, -0.2) is 18.1 Å². The minimum absolute atomic E-state index is 0.0208. The molecule has 19 nitrogen and oxygen atoms in total. The molecule has 2 atom stereocenters. The molecule has 0 aromatic heterocycles. The highest BCUT2D eigenvalue weighted by atomic mass is 32.1. The molecule has 0 spiro atoms. The molecular weight excluding hydrogens is 1300 g/mol. The van der Waals surface area contributed by atoms with E-state index in [1.54, 1.807) is 13.8 Å². The Morgan fingerprint density at radius 3 is 1.64 bits per heavy atom. The number of unbranched alkanes of at least 4 members (excludes halogenated alkanes) is 25. The number of phosphoric acid groups is 1. The molecular formula is C75H113F2N4O15PS. The van der Waals surface area contributed by atoms with Crippen LogP contribution in [0.15, 0.2) is 76.0 Å². The summed E-state index contributed by atoms with van der Waals surface area (Å²) >= 11 is 5.37. The molecule has 2 amide bonds. The quantitative estimate of drug-likeness (QED) is 0.00540. The van der Waals surface area contributed by atoms with Gasteiger partial charge in [-0.3, -0.25) is 33.0 Å². The lowest BCUT2D eigenvalue weighted by Gasteiger charge is -2.18. The molecule has 2 aromatic carbocycles. The van der Waals surface area contributed by atoms with Crippen molar-refractivity contribution in [1.29, 1.82) is 0 Å². The van der Waals surface area contributed by atoms with E-state index in [0.717, 1.165) is 56.4 Å². The number of hydrogen-bond donors (Lipinski definition) is 7. The Labute approximate surface area is 585 Å². The van der Waals surface area contributed by atoms with Crippen molar-refractivity contribution >= 4 is 71.5 Å². The molecule has 0 fully saturated rings. The topological polar surface area (TPSA) is 278 Å². The SMILES string of the molecule is CCCCCCCC/C=C\CCCCCCCC(=O)OCC(C)OC(=O)CCCCCCC/C=C\CCCCCCCC.CCOP(=O)(O)OCCNC(=O)CCCCC(=O)NCCCCCNC(=S)Nc1ccc(-c2c3cc(F)c(=O)cc-3oc3cc(O)c(F)cc23)c(C(=O)O)c1. The molecule has 2 aromatic rings. The number of carbonyl (C=O) groups excluding carboxylic acids is 4. The van der Waals surface area contributed by atoms with Crippen molar-refractivity contribution in [1.82, 2.24) is 16.0 Å². The molecule has 0 saturated carbocycles. The molecule has 548 valence electrons. The van der Waals surface area contributed by atoms with E-state index in [1.807, 2.05) is 0 Å². The van der Waals surface area contributed by atoms with E-state index < -0.39 is 36.6 Å². The molecule has 4 rings (SSSR count). The van der Waals surface area contributed by atoms with E-state index >= 15 is 0 Å². The standard InChI is InChI=1S/C39H72O4.C36H41F2N4O11PS/c1-4-6-8-10-12-14-16-18-20-22-24-26-28-30-32-34-38(40)42-36-37(3)43-39(41)35-33-31-29-27-25-23-21-19-17-15-13-11-9-7-5-2;1-2-51-54(49,50)52-15-14-40-33(46)9-5-4-8-32(45)39-12-6-3-7-13-41-36(55)42-21-10-11-22(23(16-21)35(47)48)34-24-17-26(37)28(43)19-30(24)53-31-20-29(44)27(38)18-25(31)34/h18-21,37H,4-17,22-36H2,1-3H3;10-11,16-20,43H,2-9,12-15H2,1H3,(H,39,45)(H,40,46)(H,47,48)(H,49,50)(H2,41,42,55)/b20-18-,21-19-;. The van der Waals surface area contributed by atoms with Gasteiger partial charge in [0.15, 0.2) is 22.5 Å². The number of halogens is 2. The van der Waals surface area contributed by atoms with Crippen molar-refractivity contribution < 1.29 is 75.4 Å². The molecule has 98 heavy (non-hydrogen) atoms. The Morgan fingerprint density at radius 1 is 0.592 bits per heavy atom. The second-order valence-corrected chi connectivity index (χ2v) is 26.7. The summed E-state index contributed by atoms with van der Waals surface area (Å²) in [5.41, 5.74) is -0.778. The maximum atomic E-state index is 14.5. The maximum absolute atomic E-state index is 14.5. The summed E-state index contributed by atoms with van der Waals surface area (Å²) in [6.07, 6.45) is 45.9. The lowest BCUT2D eigenvalue weighted by molar-refractivity contribution is -0.158. The van der Waals surface area contributed by atoms with Crippen LogP contribution in [-0.2, 0) is 42.3 Å². The van der Waals surface area contributed by atoms with Crippen LogP contribution >= 0.6 is 20.0 Å². The number of phenolic OH excluding ortho intramolecular Hbond substituents is 1. The van der Waals surface area contributed by atoms with Crippen LogP contribution in [0.4, 0.5) is 14.5 Å². The van der Waals surface area contributed by atoms with Gasteiger partial charge >= 0.3 is 25.7 Å². The van der Waals surface area contributed by atoms with Gasteiger partial charge in [-0.05, 0) is 152 Å². The van der Waals surface area contributed by atoms with Crippen LogP contribution in [0.1, 0.15) is 263 Å². The number of allylic oxidation sites excluding steroid dienone is 4. The van der Waals surface area contributed by atoms with Crippen molar-refractivity contribution in [2.45, 2.75) is 259 Å². The van der Waals surface area contributed by atoms with Gasteiger partial charge in [0.1, 0.15) is 24.1 Å². The number of esters is 2. The zero-order valence-corrected chi connectivity index (χ0v) is 60.5. The normalized spacial score (nSPS) is 12.3. The van der Waals surface area contributed by atoms with E-state index in [4.69, 9.17) is 30.6 Å². The van der Waals surface area contributed by atoms with Gasteiger partial charge in [0.05, 0.1) is 18.8 Å². The summed E-state index contributed by atoms with van der Waals surface area (Å²) in [6, 6.07) is 7.99. The molecule has 7 N–H and O–H groups in total. The highest BCUT2D eigenvalue weighted by molar-refractivity contribution is 7.80. The molecule has 23 heteroatoms. The van der Waals surface area contributed by atoms with Gasteiger partial charge in [0.2, 0.25) is 17.2 Å². The maximum Gasteiger partial charge on any atom is 0.472 e. The first-order valence-corrected chi connectivity index (χ1v) is 38.0. The molecule has 1 aliphatic carbocycles. The monoisotopic (exact) mass is 1410 g/mol. The van der Waals surface area contributed by atoms with Crippen LogP contribution in [0, 0.1) is 11.6 Å². The van der Waals surface area contributed by atoms with Crippen LogP contribution < -0.4 is 26.7 Å². The molecule has 2 unspecified atom stereocenters. The first-order valence-electron chi connectivity index (χ1n) is 36.1. The number of carboxylic acid groups (broad SMARTS) is 1. The van der Waals surface area contributed by atoms with Gasteiger partial charge in [-0.2, -0.15) is 0 Å². The molecule has 0 radical (unpaired) electrons. The van der Waals surface area contributed by atoms with Crippen LogP contribution in [0.3, 0.4) is 0 Å². The number of carboxylic acids is 1. The number of hydrogen-bond acceptors (Lipinski definition) is 14. The Kier molecular flexibility index (Phi) is 45.8. The number of ether oxygens (including phenoxy) is 2. The summed E-state index contributed by atoms with van der Waals surface area (Å²) < 4.78 is 66.0. The van der Waals surface area contributed by atoms with Crippen molar-refractivity contribution in [2.75, 3.05) is 44.8 Å². The number of benzene rings is 3. The average Bonchev–Trinajstić information content (AvgIpc) is 0.744. The summed E-state index contributed by atoms with van der Waals surface area (Å²) in [6.45, 7) is 8.90. The molecule has 1 heterocycles. The zero-order valence-electron chi connectivity index (χ0n) is 58.8. The van der Waals surface area contributed by atoms with E-state index in [0.29, 0.717) is 57.3 Å². The predicted octanol–water partition coefficient (Wildman–Crippen LogP) is 18.2. The lowest BCUT2D eigenvalue weighted by Crippen LogP contribution is -2.29. The van der Waals surface area contributed by atoms with E-state index in [9.17, 15) is 57.2 Å². The average molecular weight is 1410 g/mol. The second kappa shape index (κ2) is 52.4. The van der Waals surface area contributed by atoms with Crippen LogP contribution in [0.25, 0.3) is 33.4 Å². The number of rotatable bonds is 53. The van der Waals surface area contributed by atoms with Gasteiger partial charge in [-0.1, -0.05) is 147 Å². The predicted molar refractivity (Wildman–Crippen MR) is 388 cm³/mol. The van der Waals surface area contributed by atoms with Crippen LogP contribution in [0.2, 0.25) is 0 Å². The van der Waals surface area contributed by atoms with Crippen molar-refractivity contribution in [2.24, 2.45) is 0 Å². The summed E-state index contributed by atoms with van der Waals surface area (Å²) in [5.74, 6) is -5.06. The zero-order chi connectivity index (χ0) is 71.6. The summed E-state index contributed by atoms with van der Waals surface area (Å²) in [5, 5.41) is 31.7. The van der Waals surface area contributed by atoms with Gasteiger partial charge in [-0.15, -0.1) is 0 Å². The fraction of sp³-hybridized carbons (Fsp3) is 0.613. The van der Waals surface area contributed by atoms with Crippen molar-refractivity contribution in [3.8, 4) is 28.2 Å². The number of phenols is 1. The number of nitrogens with one attached hydrogen (secondary N) is 4. The number of aromatic hydroxyl groups is 1. The van der Waals surface area contributed by atoms with Crippen LogP contribution in [0.5, 0.6) is 5.75 Å². The minimum Gasteiger partial charge on any atom is -0.505 e. The van der Waals surface area contributed by atoms with Crippen molar-refractivity contribution in [3.05, 3.63) is 94.2 Å². The second-order valence-electron chi connectivity index (χ2n) is 24.8. The molecule has 0 bridgehead atoms. The number of aromatic carboxylic acids is 1. The highest BCUT2D eigenvalue weighted by Crippen LogP contribution is 2.44. The molecule has 2 aliphatic rings. The first-order chi connectivity index (χ1) is 47.3. The number of fused-ring (bicyclic) bond motifs is 2. The Bertz CT molecular complexity index is 3130. The third-order valence-corrected chi connectivity index (χ3v) is 17.5. The van der Waals surface area contributed by atoms with Gasteiger partial charge < -0.3 is 50.3 Å². The Balaban J connectivity index is 0.000000528. The van der Waals surface area contributed by atoms with Gasteiger partial charge in [0.25, 0.3) is 0 Å². The highest BCUT2D eigenvalue weighted by Gasteiger charge is 2.25.